The Morgan fingerprint density at radius 1 is 1.43 bits per heavy atom. The molecule has 9 heteroatoms. The number of alkyl halides is 1. The van der Waals surface area contributed by atoms with Gasteiger partial charge in [-0.1, -0.05) is 0 Å². The van der Waals surface area contributed by atoms with E-state index in [1.165, 1.54) is 32.3 Å². The van der Waals surface area contributed by atoms with E-state index >= 15 is 0 Å². The van der Waals surface area contributed by atoms with E-state index in [-0.39, 0.29) is 25.4 Å². The highest BCUT2D eigenvalue weighted by molar-refractivity contribution is 7.09. The molecule has 0 unspecified atom stereocenters. The van der Waals surface area contributed by atoms with Crippen LogP contribution in [0.1, 0.15) is 35.6 Å². The molecule has 0 N–H and O–H groups in total. The number of carbonyl (C=O) groups is 1. The van der Waals surface area contributed by atoms with Crippen LogP contribution in [0.15, 0.2) is 29.8 Å². The smallest absolute Gasteiger partial charge is 0.254 e. The van der Waals surface area contributed by atoms with Gasteiger partial charge >= 0.3 is 0 Å². The monoisotopic (exact) mass is 436 g/mol. The van der Waals surface area contributed by atoms with Gasteiger partial charge in [-0.25, -0.2) is 9.37 Å². The van der Waals surface area contributed by atoms with Gasteiger partial charge in [-0.2, -0.15) is 0 Å². The van der Waals surface area contributed by atoms with E-state index in [1.54, 1.807) is 29.3 Å². The molecule has 1 amide bonds. The predicted octanol–water partition coefficient (Wildman–Crippen LogP) is 3.39. The Bertz CT molecular complexity index is 901. The topological polar surface area (TPSA) is 70.1 Å². The van der Waals surface area contributed by atoms with E-state index in [0.717, 1.165) is 5.01 Å². The Labute approximate surface area is 178 Å². The van der Waals surface area contributed by atoms with Gasteiger partial charge in [0.2, 0.25) is 0 Å². The molecule has 7 nitrogen and oxygen atoms in total. The molecule has 2 fully saturated rings. The summed E-state index contributed by atoms with van der Waals surface area (Å²) in [4.78, 5) is 19.3. The van der Waals surface area contributed by atoms with E-state index in [1.807, 2.05) is 5.38 Å². The van der Waals surface area contributed by atoms with Crippen LogP contribution in [0.3, 0.4) is 0 Å². The summed E-state index contributed by atoms with van der Waals surface area (Å²) in [5.41, 5.74) is -1.58. The van der Waals surface area contributed by atoms with E-state index in [2.05, 4.69) is 4.98 Å². The third-order valence-electron chi connectivity index (χ3n) is 5.31. The van der Waals surface area contributed by atoms with Crippen LogP contribution in [0.25, 0.3) is 0 Å². The Hall–Kier alpha value is -2.23. The van der Waals surface area contributed by atoms with Crippen molar-refractivity contribution in [2.24, 2.45) is 0 Å². The number of hydrogen-bond acceptors (Lipinski definition) is 7. The number of rotatable bonds is 6. The number of halogens is 1. The normalized spacial score (nSPS) is 23.9. The summed E-state index contributed by atoms with van der Waals surface area (Å²) in [6.07, 6.45) is 2.10. The molecule has 162 valence electrons. The molecule has 0 radical (unpaired) electrons. The zero-order valence-corrected chi connectivity index (χ0v) is 18.0. The SMILES string of the molecule is COc1cc(C(=O)N2CC[C@@]3(c4nccs4)OCO[C@@H]3C2)ccc1OCC(C)(C)F. The van der Waals surface area contributed by atoms with Crippen molar-refractivity contribution < 1.29 is 28.1 Å². The highest BCUT2D eigenvalue weighted by atomic mass is 32.1. The molecule has 2 aliphatic heterocycles. The summed E-state index contributed by atoms with van der Waals surface area (Å²) in [6, 6.07) is 4.93. The first kappa shape index (κ1) is 21.0. The van der Waals surface area contributed by atoms with Crippen molar-refractivity contribution in [2.45, 2.75) is 37.6 Å². The van der Waals surface area contributed by atoms with E-state index in [4.69, 9.17) is 18.9 Å². The molecule has 30 heavy (non-hydrogen) atoms. The van der Waals surface area contributed by atoms with Gasteiger partial charge in [-0.3, -0.25) is 4.79 Å². The van der Waals surface area contributed by atoms with E-state index in [9.17, 15) is 9.18 Å². The van der Waals surface area contributed by atoms with E-state index in [0.29, 0.717) is 36.6 Å². The van der Waals surface area contributed by atoms with Crippen LogP contribution < -0.4 is 9.47 Å². The maximum Gasteiger partial charge on any atom is 0.254 e. The fourth-order valence-corrected chi connectivity index (χ4v) is 4.61. The lowest BCUT2D eigenvalue weighted by Gasteiger charge is -2.40. The van der Waals surface area contributed by atoms with Crippen LogP contribution >= 0.6 is 11.3 Å². The summed E-state index contributed by atoms with van der Waals surface area (Å²) < 4.78 is 36.4. The van der Waals surface area contributed by atoms with Crippen molar-refractivity contribution >= 4 is 17.2 Å². The summed E-state index contributed by atoms with van der Waals surface area (Å²) >= 11 is 1.54. The molecular formula is C21H25FN2O5S. The zero-order chi connectivity index (χ0) is 21.4. The molecule has 2 aliphatic rings. The van der Waals surface area contributed by atoms with Crippen LogP contribution in [-0.4, -0.2) is 61.2 Å². The third kappa shape index (κ3) is 4.01. The van der Waals surface area contributed by atoms with Crippen molar-refractivity contribution in [1.29, 1.82) is 0 Å². The lowest BCUT2D eigenvalue weighted by molar-refractivity contribution is -0.0440. The fourth-order valence-electron chi connectivity index (χ4n) is 3.75. The quantitative estimate of drug-likeness (QED) is 0.691. The molecule has 4 rings (SSSR count). The average Bonchev–Trinajstić information content (AvgIpc) is 3.40. The number of hydrogen-bond donors (Lipinski definition) is 0. The maximum atomic E-state index is 13.7. The molecular weight excluding hydrogens is 411 g/mol. The zero-order valence-electron chi connectivity index (χ0n) is 17.2. The highest BCUT2D eigenvalue weighted by Crippen LogP contribution is 2.43. The molecule has 0 saturated carbocycles. The number of amides is 1. The van der Waals surface area contributed by atoms with Crippen molar-refractivity contribution in [2.75, 3.05) is 33.6 Å². The van der Waals surface area contributed by atoms with Gasteiger partial charge in [0.15, 0.2) is 17.1 Å². The van der Waals surface area contributed by atoms with Crippen molar-refractivity contribution in [3.8, 4) is 11.5 Å². The molecule has 0 bridgehead atoms. The predicted molar refractivity (Wildman–Crippen MR) is 109 cm³/mol. The first-order valence-electron chi connectivity index (χ1n) is 9.77. The fraction of sp³-hybridized carbons (Fsp3) is 0.524. The molecule has 2 aromatic rings. The largest absolute Gasteiger partial charge is 0.493 e. The lowest BCUT2D eigenvalue weighted by atomic mass is 9.89. The molecule has 2 atom stereocenters. The van der Waals surface area contributed by atoms with Gasteiger partial charge < -0.3 is 23.8 Å². The van der Waals surface area contributed by atoms with Gasteiger partial charge in [0, 0.05) is 30.1 Å². The van der Waals surface area contributed by atoms with Crippen LogP contribution in [0.5, 0.6) is 11.5 Å². The van der Waals surface area contributed by atoms with Crippen LogP contribution in [0.2, 0.25) is 0 Å². The number of piperidine rings is 1. The van der Waals surface area contributed by atoms with Crippen LogP contribution in [0, 0.1) is 0 Å². The number of fused-ring (bicyclic) bond motifs is 1. The molecule has 2 saturated heterocycles. The van der Waals surface area contributed by atoms with Crippen LogP contribution in [0.4, 0.5) is 4.39 Å². The maximum absolute atomic E-state index is 13.7. The van der Waals surface area contributed by atoms with Gasteiger partial charge in [-0.15, -0.1) is 11.3 Å². The van der Waals surface area contributed by atoms with Crippen LogP contribution in [-0.2, 0) is 15.1 Å². The van der Waals surface area contributed by atoms with Gasteiger partial charge in [0.25, 0.3) is 5.91 Å². The molecule has 3 heterocycles. The Morgan fingerprint density at radius 2 is 2.27 bits per heavy atom. The average molecular weight is 437 g/mol. The Balaban J connectivity index is 1.49. The Morgan fingerprint density at radius 3 is 2.97 bits per heavy atom. The van der Waals surface area contributed by atoms with Crippen molar-refractivity contribution in [3.63, 3.8) is 0 Å². The third-order valence-corrected chi connectivity index (χ3v) is 6.24. The summed E-state index contributed by atoms with van der Waals surface area (Å²) in [7, 11) is 1.49. The number of benzene rings is 1. The number of ether oxygens (including phenoxy) is 4. The Kier molecular flexibility index (Phi) is 5.69. The minimum atomic E-state index is -1.47. The van der Waals surface area contributed by atoms with Gasteiger partial charge in [0.05, 0.1) is 13.7 Å². The van der Waals surface area contributed by atoms with E-state index < -0.39 is 11.3 Å². The second-order valence-electron chi connectivity index (χ2n) is 8.02. The minimum Gasteiger partial charge on any atom is -0.493 e. The summed E-state index contributed by atoms with van der Waals surface area (Å²) in [6.45, 7) is 3.89. The summed E-state index contributed by atoms with van der Waals surface area (Å²) in [5.74, 6) is 0.655. The van der Waals surface area contributed by atoms with Gasteiger partial charge in [-0.05, 0) is 32.0 Å². The summed E-state index contributed by atoms with van der Waals surface area (Å²) in [5, 5.41) is 2.80. The number of thiazole rings is 1. The second kappa shape index (κ2) is 8.13. The first-order chi connectivity index (χ1) is 14.3. The molecule has 0 spiro atoms. The molecule has 1 aromatic carbocycles. The molecule has 0 aliphatic carbocycles. The minimum absolute atomic E-state index is 0.110. The molecule has 1 aromatic heterocycles. The standard InChI is InChI=1S/C21H25FN2O5S/c1-20(2,22)12-27-15-5-4-14(10-16(15)26-3)18(25)24-8-6-21(19-23-7-9-30-19)17(11-24)28-13-29-21/h4-5,7,9-10,17H,6,8,11-13H2,1-3H3/t17-,21-/m1/s1. The van der Waals surface area contributed by atoms with Crippen molar-refractivity contribution in [1.82, 2.24) is 9.88 Å². The number of methoxy groups -OCH3 is 1. The number of aromatic nitrogens is 1. The van der Waals surface area contributed by atoms with Crippen molar-refractivity contribution in [3.05, 3.63) is 40.3 Å². The highest BCUT2D eigenvalue weighted by Gasteiger charge is 2.52. The van der Waals surface area contributed by atoms with Gasteiger partial charge in [0.1, 0.15) is 30.2 Å². The second-order valence-corrected chi connectivity index (χ2v) is 8.91. The number of nitrogens with zero attached hydrogens (tertiary/aromatic N) is 2. The number of carbonyl (C=O) groups excluding carboxylic acids is 1. The first-order valence-corrected chi connectivity index (χ1v) is 10.6. The number of likely N-dealkylation sites (tertiary alicyclic amines) is 1. The lowest BCUT2D eigenvalue weighted by Crippen LogP contribution is -2.53.